The summed E-state index contributed by atoms with van der Waals surface area (Å²) in [6.07, 6.45) is 1.25. The minimum atomic E-state index is -0.287. The van der Waals surface area contributed by atoms with Gasteiger partial charge in [-0.15, -0.1) is 0 Å². The number of aliphatic hydroxyl groups excluding tert-OH is 1. The lowest BCUT2D eigenvalue weighted by Crippen LogP contribution is -2.37. The van der Waals surface area contributed by atoms with Crippen molar-refractivity contribution < 1.29 is 14.3 Å². The van der Waals surface area contributed by atoms with Gasteiger partial charge < -0.3 is 10.0 Å². The zero-order valence-electron chi connectivity index (χ0n) is 9.56. The molecule has 0 spiro atoms. The molecule has 1 aromatic rings. The molecule has 0 bridgehead atoms. The monoisotopic (exact) mass is 235 g/mol. The smallest absolute Gasteiger partial charge is 0.250 e. The maximum absolute atomic E-state index is 12.7. The predicted octanol–water partition coefficient (Wildman–Crippen LogP) is 2.25. The summed E-state index contributed by atoms with van der Waals surface area (Å²) < 4.78 is 12.7. The molecule has 2 rings (SSSR count). The summed E-state index contributed by atoms with van der Waals surface area (Å²) in [6.45, 7) is 2.78. The molecule has 1 aromatic carbocycles. The second-order valence-corrected chi connectivity index (χ2v) is 4.32. The lowest BCUT2D eigenvalue weighted by atomic mass is 10.0. The van der Waals surface area contributed by atoms with E-state index in [9.17, 15) is 14.3 Å². The average Bonchev–Trinajstić information content (AvgIpc) is 2.29. The van der Waals surface area contributed by atoms with Crippen molar-refractivity contribution >= 4 is 5.91 Å². The average molecular weight is 235 g/mol. The maximum Gasteiger partial charge on any atom is 0.250 e. The summed E-state index contributed by atoms with van der Waals surface area (Å²) in [5.74, 6) is -0.409. The van der Waals surface area contributed by atoms with Crippen LogP contribution in [0.3, 0.4) is 0 Å². The van der Waals surface area contributed by atoms with E-state index < -0.39 is 0 Å². The number of nitrogens with zero attached hydrogens (tertiary/aromatic N) is 1. The van der Waals surface area contributed by atoms with Crippen molar-refractivity contribution in [3.63, 3.8) is 0 Å². The van der Waals surface area contributed by atoms with E-state index in [1.807, 2.05) is 6.92 Å². The Kier molecular flexibility index (Phi) is 3.13. The Bertz CT molecular complexity index is 453. The molecule has 4 heteroatoms. The third kappa shape index (κ3) is 2.64. The van der Waals surface area contributed by atoms with Crippen LogP contribution in [-0.2, 0) is 11.3 Å². The number of carbonyl (C=O) groups is 1. The highest BCUT2D eigenvalue weighted by Gasteiger charge is 2.23. The van der Waals surface area contributed by atoms with Gasteiger partial charge in [0.15, 0.2) is 0 Å². The van der Waals surface area contributed by atoms with E-state index >= 15 is 0 Å². The fourth-order valence-corrected chi connectivity index (χ4v) is 1.83. The summed E-state index contributed by atoms with van der Waals surface area (Å²) in [4.78, 5) is 13.3. The van der Waals surface area contributed by atoms with Crippen LogP contribution in [0.15, 0.2) is 36.1 Å². The molecule has 1 N–H and O–H groups in total. The zero-order chi connectivity index (χ0) is 12.4. The molecule has 0 aliphatic carbocycles. The number of carbonyl (C=O) groups excluding carboxylic acids is 1. The van der Waals surface area contributed by atoms with Crippen molar-refractivity contribution in [2.24, 2.45) is 5.92 Å². The molecule has 1 atom stereocenters. The van der Waals surface area contributed by atoms with Gasteiger partial charge in [0, 0.05) is 25.1 Å². The van der Waals surface area contributed by atoms with Crippen LogP contribution in [0.25, 0.3) is 0 Å². The lowest BCUT2D eigenvalue weighted by molar-refractivity contribution is -0.128. The number of amides is 1. The van der Waals surface area contributed by atoms with E-state index in [4.69, 9.17) is 0 Å². The molecule has 1 unspecified atom stereocenters. The van der Waals surface area contributed by atoms with E-state index in [0.717, 1.165) is 5.56 Å². The summed E-state index contributed by atoms with van der Waals surface area (Å²) in [5, 5.41) is 9.43. The Morgan fingerprint density at radius 2 is 2.06 bits per heavy atom. The highest BCUT2D eigenvalue weighted by atomic mass is 19.1. The molecule has 0 saturated carbocycles. The maximum atomic E-state index is 12.7. The Balaban J connectivity index is 2.10. The molecular weight excluding hydrogens is 221 g/mol. The highest BCUT2D eigenvalue weighted by molar-refractivity contribution is 5.89. The number of hydrogen-bond acceptors (Lipinski definition) is 2. The van der Waals surface area contributed by atoms with Crippen LogP contribution < -0.4 is 0 Å². The van der Waals surface area contributed by atoms with Crippen molar-refractivity contribution in [3.8, 4) is 0 Å². The minimum absolute atomic E-state index is 0.0480. The Morgan fingerprint density at radius 3 is 2.71 bits per heavy atom. The molecule has 1 heterocycles. The number of halogens is 1. The summed E-state index contributed by atoms with van der Waals surface area (Å²) in [7, 11) is 0. The van der Waals surface area contributed by atoms with Crippen LogP contribution in [0, 0.1) is 11.7 Å². The number of rotatable bonds is 2. The molecule has 0 radical (unpaired) electrons. The van der Waals surface area contributed by atoms with Gasteiger partial charge in [-0.3, -0.25) is 4.79 Å². The van der Waals surface area contributed by atoms with Crippen LogP contribution in [0.5, 0.6) is 0 Å². The summed E-state index contributed by atoms with van der Waals surface area (Å²) in [5.41, 5.74) is 0.877. The largest absolute Gasteiger partial charge is 0.512 e. The first-order chi connectivity index (χ1) is 8.06. The number of hydrogen-bond donors (Lipinski definition) is 1. The second kappa shape index (κ2) is 4.57. The van der Waals surface area contributed by atoms with E-state index in [2.05, 4.69) is 0 Å². The standard InChI is InChI=1S/C13H14FNO2/c1-9-7-15(13(17)6-12(9)16)8-10-2-4-11(14)5-3-10/h2-6,9,16H,7-8H2,1H3. The normalized spacial score (nSPS) is 20.4. The Hall–Kier alpha value is -1.84. The Labute approximate surface area is 99.2 Å². The van der Waals surface area contributed by atoms with Gasteiger partial charge in [0.05, 0.1) is 0 Å². The zero-order valence-corrected chi connectivity index (χ0v) is 9.56. The van der Waals surface area contributed by atoms with E-state index in [1.165, 1.54) is 18.2 Å². The van der Waals surface area contributed by atoms with Gasteiger partial charge in [-0.2, -0.15) is 0 Å². The van der Waals surface area contributed by atoms with Crippen molar-refractivity contribution in [1.29, 1.82) is 0 Å². The van der Waals surface area contributed by atoms with Gasteiger partial charge in [-0.1, -0.05) is 19.1 Å². The fraction of sp³-hybridized carbons (Fsp3) is 0.308. The van der Waals surface area contributed by atoms with Gasteiger partial charge in [0.25, 0.3) is 0 Å². The van der Waals surface area contributed by atoms with Gasteiger partial charge in [-0.05, 0) is 17.7 Å². The molecular formula is C13H14FNO2. The summed E-state index contributed by atoms with van der Waals surface area (Å²) in [6, 6.07) is 6.07. The van der Waals surface area contributed by atoms with Crippen LogP contribution in [-0.4, -0.2) is 22.5 Å². The van der Waals surface area contributed by atoms with E-state index in [-0.39, 0.29) is 23.4 Å². The molecule has 0 saturated heterocycles. The van der Waals surface area contributed by atoms with Gasteiger partial charge in [0.2, 0.25) is 5.91 Å². The van der Waals surface area contributed by atoms with E-state index in [1.54, 1.807) is 17.0 Å². The summed E-state index contributed by atoms with van der Waals surface area (Å²) >= 11 is 0. The van der Waals surface area contributed by atoms with Crippen molar-refractivity contribution in [3.05, 3.63) is 47.5 Å². The molecule has 0 fully saturated rings. The van der Waals surface area contributed by atoms with Gasteiger partial charge >= 0.3 is 0 Å². The fourth-order valence-electron chi connectivity index (χ4n) is 1.83. The number of benzene rings is 1. The SMILES string of the molecule is CC1CN(Cc2ccc(F)cc2)C(=O)C=C1O. The molecule has 1 aliphatic rings. The minimum Gasteiger partial charge on any atom is -0.512 e. The van der Waals surface area contributed by atoms with Gasteiger partial charge in [-0.25, -0.2) is 4.39 Å². The molecule has 0 aromatic heterocycles. The predicted molar refractivity (Wildman–Crippen MR) is 61.7 cm³/mol. The quantitative estimate of drug-likeness (QED) is 0.854. The molecule has 3 nitrogen and oxygen atoms in total. The molecule has 17 heavy (non-hydrogen) atoms. The molecule has 90 valence electrons. The third-order valence-electron chi connectivity index (χ3n) is 2.87. The number of aliphatic hydroxyl groups is 1. The highest BCUT2D eigenvalue weighted by Crippen LogP contribution is 2.18. The first kappa shape index (κ1) is 11.6. The topological polar surface area (TPSA) is 40.5 Å². The first-order valence-electron chi connectivity index (χ1n) is 5.50. The third-order valence-corrected chi connectivity index (χ3v) is 2.87. The van der Waals surface area contributed by atoms with Crippen LogP contribution in [0.1, 0.15) is 12.5 Å². The van der Waals surface area contributed by atoms with Crippen LogP contribution in [0.4, 0.5) is 4.39 Å². The molecule has 1 aliphatic heterocycles. The van der Waals surface area contributed by atoms with Crippen molar-refractivity contribution in [1.82, 2.24) is 4.90 Å². The Morgan fingerprint density at radius 1 is 1.41 bits per heavy atom. The van der Waals surface area contributed by atoms with Crippen molar-refractivity contribution in [2.75, 3.05) is 6.54 Å². The van der Waals surface area contributed by atoms with Crippen molar-refractivity contribution in [2.45, 2.75) is 13.5 Å². The van der Waals surface area contributed by atoms with Gasteiger partial charge in [0.1, 0.15) is 11.6 Å². The molecule has 1 amide bonds. The lowest BCUT2D eigenvalue weighted by Gasteiger charge is -2.28. The van der Waals surface area contributed by atoms with Crippen LogP contribution in [0.2, 0.25) is 0 Å². The second-order valence-electron chi connectivity index (χ2n) is 4.32. The van der Waals surface area contributed by atoms with E-state index in [0.29, 0.717) is 13.1 Å². The first-order valence-corrected chi connectivity index (χ1v) is 5.50. The van der Waals surface area contributed by atoms with Crippen LogP contribution >= 0.6 is 0 Å².